The van der Waals surface area contributed by atoms with Gasteiger partial charge in [-0.25, -0.2) is 13.6 Å². The van der Waals surface area contributed by atoms with Crippen molar-refractivity contribution in [3.05, 3.63) is 29.8 Å². The predicted molar refractivity (Wildman–Crippen MR) is 98.0 cm³/mol. The van der Waals surface area contributed by atoms with Crippen molar-refractivity contribution < 1.29 is 18.0 Å². The van der Waals surface area contributed by atoms with Crippen LogP contribution in [0.1, 0.15) is 36.0 Å². The first-order valence-corrected chi connectivity index (χ1v) is 10.1. The summed E-state index contributed by atoms with van der Waals surface area (Å²) in [5.41, 5.74) is 0.371. The number of primary sulfonamides is 1. The Bertz CT molecular complexity index is 747. The zero-order chi connectivity index (χ0) is 19.3. The van der Waals surface area contributed by atoms with E-state index in [4.69, 9.17) is 5.14 Å². The summed E-state index contributed by atoms with van der Waals surface area (Å²) < 4.78 is 22.5. The number of amides is 2. The Morgan fingerprint density at radius 1 is 1.12 bits per heavy atom. The van der Waals surface area contributed by atoms with Gasteiger partial charge in [0.1, 0.15) is 0 Å². The first kappa shape index (κ1) is 20.3. The van der Waals surface area contributed by atoms with E-state index in [1.165, 1.54) is 24.3 Å². The van der Waals surface area contributed by atoms with Crippen molar-refractivity contribution in [2.24, 2.45) is 5.14 Å². The van der Waals surface area contributed by atoms with Gasteiger partial charge in [0.25, 0.3) is 5.91 Å². The Labute approximate surface area is 154 Å². The molecular formula is C17H26N4O4S. The second-order valence-corrected chi connectivity index (χ2v) is 8.47. The molecule has 2 amide bonds. The molecule has 0 bridgehead atoms. The lowest BCUT2D eigenvalue weighted by molar-refractivity contribution is -0.122. The van der Waals surface area contributed by atoms with E-state index in [2.05, 4.69) is 10.6 Å². The van der Waals surface area contributed by atoms with Crippen molar-refractivity contribution >= 4 is 21.8 Å². The Kier molecular flexibility index (Phi) is 6.74. The van der Waals surface area contributed by atoms with Gasteiger partial charge in [-0.3, -0.25) is 9.59 Å². The molecular weight excluding hydrogens is 356 g/mol. The number of carbonyl (C=O) groups excluding carboxylic acids is 2. The standard InChI is InChI=1S/C17H26N4O4S/c1-21(2)11-16(22)19-13-4-3-5-14(10-13)20-17(23)12-6-8-15(9-7-12)26(18,24)25/h6-9,13-14H,3-5,10-11H2,1-2H3,(H,19,22)(H,20,23)(H2,18,24,25)/t13-,14-/m1/s1. The number of nitrogens with two attached hydrogens (primary N) is 1. The van der Waals surface area contributed by atoms with Crippen molar-refractivity contribution in [2.75, 3.05) is 20.6 Å². The molecule has 1 aliphatic carbocycles. The van der Waals surface area contributed by atoms with Gasteiger partial charge >= 0.3 is 0 Å². The Morgan fingerprint density at radius 2 is 1.69 bits per heavy atom. The fourth-order valence-corrected chi connectivity index (χ4v) is 3.59. The van der Waals surface area contributed by atoms with Gasteiger partial charge in [0, 0.05) is 17.6 Å². The molecule has 1 aromatic rings. The SMILES string of the molecule is CN(C)CC(=O)N[C@@H]1CCC[C@@H](NC(=O)c2ccc(S(N)(=O)=O)cc2)C1. The lowest BCUT2D eigenvalue weighted by Gasteiger charge is -2.30. The molecule has 0 radical (unpaired) electrons. The normalized spacial score (nSPS) is 20.6. The van der Waals surface area contributed by atoms with Gasteiger partial charge < -0.3 is 15.5 Å². The molecule has 0 saturated heterocycles. The Morgan fingerprint density at radius 3 is 2.23 bits per heavy atom. The summed E-state index contributed by atoms with van der Waals surface area (Å²) in [6.45, 7) is 0.337. The molecule has 2 rings (SSSR count). The fourth-order valence-electron chi connectivity index (χ4n) is 3.08. The van der Waals surface area contributed by atoms with Crippen LogP contribution in [-0.4, -0.2) is 57.9 Å². The minimum atomic E-state index is -3.78. The minimum Gasteiger partial charge on any atom is -0.352 e. The molecule has 0 spiro atoms. The van der Waals surface area contributed by atoms with Crippen molar-refractivity contribution in [1.29, 1.82) is 0 Å². The average Bonchev–Trinajstić information content (AvgIpc) is 2.53. The highest BCUT2D eigenvalue weighted by Crippen LogP contribution is 2.19. The topological polar surface area (TPSA) is 122 Å². The van der Waals surface area contributed by atoms with Crippen molar-refractivity contribution in [3.63, 3.8) is 0 Å². The second kappa shape index (κ2) is 8.61. The van der Waals surface area contributed by atoms with E-state index < -0.39 is 10.0 Å². The number of nitrogens with one attached hydrogen (secondary N) is 2. The molecule has 9 heteroatoms. The highest BCUT2D eigenvalue weighted by molar-refractivity contribution is 7.89. The summed E-state index contributed by atoms with van der Waals surface area (Å²) in [5, 5.41) is 11.0. The first-order valence-electron chi connectivity index (χ1n) is 8.53. The number of rotatable bonds is 6. The summed E-state index contributed by atoms with van der Waals surface area (Å²) in [6.07, 6.45) is 3.35. The number of likely N-dealkylation sites (N-methyl/N-ethyl adjacent to an activating group) is 1. The molecule has 4 N–H and O–H groups in total. The maximum absolute atomic E-state index is 12.4. The Hall–Kier alpha value is -1.97. The van der Waals surface area contributed by atoms with Crippen LogP contribution >= 0.6 is 0 Å². The predicted octanol–water partition coefficient (Wildman–Crippen LogP) is 0.0528. The van der Waals surface area contributed by atoms with E-state index in [1.54, 1.807) is 0 Å². The van der Waals surface area contributed by atoms with E-state index in [9.17, 15) is 18.0 Å². The molecule has 1 aliphatic rings. The summed E-state index contributed by atoms with van der Waals surface area (Å²) in [7, 11) is -0.0995. The van der Waals surface area contributed by atoms with Gasteiger partial charge in [-0.15, -0.1) is 0 Å². The second-order valence-electron chi connectivity index (χ2n) is 6.91. The van der Waals surface area contributed by atoms with Crippen LogP contribution in [0.25, 0.3) is 0 Å². The number of carbonyl (C=O) groups is 2. The third-order valence-corrected chi connectivity index (χ3v) is 5.21. The number of nitrogens with zero attached hydrogens (tertiary/aromatic N) is 1. The van der Waals surface area contributed by atoms with Crippen LogP contribution in [0.5, 0.6) is 0 Å². The van der Waals surface area contributed by atoms with Gasteiger partial charge in [-0.2, -0.15) is 0 Å². The van der Waals surface area contributed by atoms with Gasteiger partial charge in [0.05, 0.1) is 11.4 Å². The smallest absolute Gasteiger partial charge is 0.251 e. The molecule has 1 saturated carbocycles. The Balaban J connectivity index is 1.91. The van der Waals surface area contributed by atoms with Crippen LogP contribution in [-0.2, 0) is 14.8 Å². The van der Waals surface area contributed by atoms with Crippen molar-refractivity contribution in [1.82, 2.24) is 15.5 Å². The number of hydrogen-bond acceptors (Lipinski definition) is 5. The monoisotopic (exact) mass is 382 g/mol. The van der Waals surface area contributed by atoms with E-state index in [0.717, 1.165) is 19.3 Å². The summed E-state index contributed by atoms with van der Waals surface area (Å²) in [6, 6.07) is 5.53. The molecule has 1 aromatic carbocycles. The molecule has 8 nitrogen and oxygen atoms in total. The van der Waals surface area contributed by atoms with Crippen LogP contribution < -0.4 is 15.8 Å². The molecule has 0 aromatic heterocycles. The van der Waals surface area contributed by atoms with Crippen LogP contribution in [0, 0.1) is 0 Å². The fraction of sp³-hybridized carbons (Fsp3) is 0.529. The van der Waals surface area contributed by atoms with Crippen LogP contribution in [0.2, 0.25) is 0 Å². The maximum Gasteiger partial charge on any atom is 0.251 e. The third-order valence-electron chi connectivity index (χ3n) is 4.28. The maximum atomic E-state index is 12.4. The van der Waals surface area contributed by atoms with Crippen LogP contribution in [0.4, 0.5) is 0 Å². The van der Waals surface area contributed by atoms with Crippen LogP contribution in [0.15, 0.2) is 29.2 Å². The molecule has 0 unspecified atom stereocenters. The zero-order valence-corrected chi connectivity index (χ0v) is 15.9. The molecule has 26 heavy (non-hydrogen) atoms. The largest absolute Gasteiger partial charge is 0.352 e. The van der Waals surface area contributed by atoms with Crippen molar-refractivity contribution in [2.45, 2.75) is 42.7 Å². The molecule has 0 aliphatic heterocycles. The van der Waals surface area contributed by atoms with Gasteiger partial charge in [-0.05, 0) is 64.0 Å². The summed E-state index contributed by atoms with van der Waals surface area (Å²) >= 11 is 0. The van der Waals surface area contributed by atoms with E-state index in [0.29, 0.717) is 18.5 Å². The van der Waals surface area contributed by atoms with E-state index in [1.807, 2.05) is 19.0 Å². The zero-order valence-electron chi connectivity index (χ0n) is 15.1. The number of hydrogen-bond donors (Lipinski definition) is 3. The lowest BCUT2D eigenvalue weighted by atomic mass is 9.90. The number of sulfonamides is 1. The highest BCUT2D eigenvalue weighted by atomic mass is 32.2. The first-order chi connectivity index (χ1) is 12.1. The lowest BCUT2D eigenvalue weighted by Crippen LogP contribution is -2.47. The molecule has 2 atom stereocenters. The van der Waals surface area contributed by atoms with E-state index >= 15 is 0 Å². The third kappa shape index (κ3) is 6.08. The summed E-state index contributed by atoms with van der Waals surface area (Å²) in [4.78, 5) is 26.0. The van der Waals surface area contributed by atoms with Crippen LogP contribution in [0.3, 0.4) is 0 Å². The minimum absolute atomic E-state index is 0.0226. The van der Waals surface area contributed by atoms with Gasteiger partial charge in [0.15, 0.2) is 0 Å². The molecule has 0 heterocycles. The number of benzene rings is 1. The highest BCUT2D eigenvalue weighted by Gasteiger charge is 2.25. The van der Waals surface area contributed by atoms with Gasteiger partial charge in [-0.1, -0.05) is 0 Å². The quantitative estimate of drug-likeness (QED) is 0.642. The molecule has 144 valence electrons. The van der Waals surface area contributed by atoms with Crippen molar-refractivity contribution in [3.8, 4) is 0 Å². The van der Waals surface area contributed by atoms with E-state index in [-0.39, 0.29) is 28.8 Å². The molecule has 1 fully saturated rings. The average molecular weight is 382 g/mol. The summed E-state index contributed by atoms with van der Waals surface area (Å²) in [5.74, 6) is -0.290. The van der Waals surface area contributed by atoms with Gasteiger partial charge in [0.2, 0.25) is 15.9 Å².